The number of H-pyrrole nitrogens is 1. The smallest absolute Gasteiger partial charge is 0.345 e. The van der Waals surface area contributed by atoms with E-state index in [1.165, 1.54) is 5.56 Å². The first-order valence-electron chi connectivity index (χ1n) is 7.39. The van der Waals surface area contributed by atoms with Crippen LogP contribution < -0.4 is 11.2 Å². The van der Waals surface area contributed by atoms with Crippen molar-refractivity contribution in [1.29, 1.82) is 0 Å². The molecule has 0 saturated heterocycles. The Labute approximate surface area is 128 Å². The molecule has 0 atom stereocenters. The van der Waals surface area contributed by atoms with Crippen molar-refractivity contribution in [2.45, 2.75) is 32.1 Å². The normalized spacial score (nSPS) is 13.5. The number of benzene rings is 1. The van der Waals surface area contributed by atoms with Crippen molar-refractivity contribution in [3.8, 4) is 0 Å². The molecule has 0 amide bonds. The van der Waals surface area contributed by atoms with E-state index in [1.807, 2.05) is 12.1 Å². The van der Waals surface area contributed by atoms with Gasteiger partial charge in [-0.2, -0.15) is 4.98 Å². The molecule has 111 valence electrons. The average molecular weight is 295 g/mol. The Kier molecular flexibility index (Phi) is 4.09. The van der Waals surface area contributed by atoms with E-state index in [0.29, 0.717) is 11.9 Å². The van der Waals surface area contributed by atoms with Crippen LogP contribution in [0.3, 0.4) is 0 Å². The van der Waals surface area contributed by atoms with Gasteiger partial charge in [-0.05, 0) is 36.8 Å². The SMILES string of the molecule is O=C(O)[B]c1ccc(Cc2nc(=O)[nH]c3c2CCCC3)cc1. The number of aryl methyl sites for hydroxylation is 1. The number of carbonyl (C=O) groups is 1. The quantitative estimate of drug-likeness (QED) is 0.831. The van der Waals surface area contributed by atoms with E-state index in [-0.39, 0.29) is 5.69 Å². The van der Waals surface area contributed by atoms with Crippen LogP contribution in [0.5, 0.6) is 0 Å². The van der Waals surface area contributed by atoms with Gasteiger partial charge in [0.1, 0.15) is 0 Å². The number of aromatic amines is 1. The third kappa shape index (κ3) is 3.27. The molecule has 1 aromatic carbocycles. The summed E-state index contributed by atoms with van der Waals surface area (Å²) in [5, 5.41) is 8.73. The summed E-state index contributed by atoms with van der Waals surface area (Å²) < 4.78 is 0. The zero-order chi connectivity index (χ0) is 15.5. The highest BCUT2D eigenvalue weighted by Gasteiger charge is 2.16. The van der Waals surface area contributed by atoms with Gasteiger partial charge in [0.05, 0.1) is 5.69 Å². The van der Waals surface area contributed by atoms with Crippen LogP contribution in [0.15, 0.2) is 29.1 Å². The lowest BCUT2D eigenvalue weighted by Crippen LogP contribution is -2.22. The Hall–Kier alpha value is -2.37. The van der Waals surface area contributed by atoms with Crippen LogP contribution in [0.2, 0.25) is 0 Å². The molecule has 22 heavy (non-hydrogen) atoms. The van der Waals surface area contributed by atoms with Crippen LogP contribution in [0.25, 0.3) is 0 Å². The van der Waals surface area contributed by atoms with Crippen LogP contribution in [0, 0.1) is 0 Å². The number of fused-ring (bicyclic) bond motifs is 1. The molecule has 0 saturated carbocycles. The van der Waals surface area contributed by atoms with Gasteiger partial charge in [0.25, 0.3) is 7.28 Å². The number of hydrogen-bond acceptors (Lipinski definition) is 3. The van der Waals surface area contributed by atoms with Crippen molar-refractivity contribution in [2.24, 2.45) is 0 Å². The van der Waals surface area contributed by atoms with Crippen molar-refractivity contribution < 1.29 is 9.90 Å². The fraction of sp³-hybridized carbons (Fsp3) is 0.312. The minimum Gasteiger partial charge on any atom is -0.489 e. The number of carboxylic acid groups (broad SMARTS) is 1. The molecule has 0 aliphatic heterocycles. The Morgan fingerprint density at radius 2 is 1.95 bits per heavy atom. The van der Waals surface area contributed by atoms with Crippen molar-refractivity contribution in [2.75, 3.05) is 0 Å². The van der Waals surface area contributed by atoms with Crippen LogP contribution in [0.4, 0.5) is 4.79 Å². The fourth-order valence-electron chi connectivity index (χ4n) is 2.92. The van der Waals surface area contributed by atoms with Crippen molar-refractivity contribution in [3.05, 3.63) is 57.3 Å². The number of nitrogens with zero attached hydrogens (tertiary/aromatic N) is 1. The molecule has 1 heterocycles. The molecule has 1 aromatic heterocycles. The minimum absolute atomic E-state index is 0.286. The second-order valence-corrected chi connectivity index (χ2v) is 5.55. The predicted molar refractivity (Wildman–Crippen MR) is 84.2 cm³/mol. The van der Waals surface area contributed by atoms with E-state index >= 15 is 0 Å². The molecule has 6 heteroatoms. The Morgan fingerprint density at radius 1 is 1.23 bits per heavy atom. The number of nitrogens with one attached hydrogen (secondary N) is 1. The highest BCUT2D eigenvalue weighted by atomic mass is 16.4. The lowest BCUT2D eigenvalue weighted by molar-refractivity contribution is 0.220. The predicted octanol–water partition coefficient (Wildman–Crippen LogP) is 1.25. The Bertz CT molecular complexity index is 753. The van der Waals surface area contributed by atoms with Crippen LogP contribution in [-0.2, 0) is 19.3 Å². The van der Waals surface area contributed by atoms with Gasteiger partial charge in [-0.25, -0.2) is 4.79 Å². The topological polar surface area (TPSA) is 83.0 Å². The monoisotopic (exact) mass is 295 g/mol. The molecule has 0 bridgehead atoms. The molecule has 1 aliphatic carbocycles. The van der Waals surface area contributed by atoms with Gasteiger partial charge in [0.2, 0.25) is 5.87 Å². The first-order valence-corrected chi connectivity index (χ1v) is 7.39. The standard InChI is InChI=1S/C16H16BN2O3/c20-15(21)17-11-7-5-10(6-8-11)9-14-12-3-1-2-4-13(12)18-16(22)19-14/h5-8H,1-4,9H2,(H,20,21)(H,18,19,22). The number of rotatable bonds is 4. The van der Waals surface area contributed by atoms with Gasteiger partial charge < -0.3 is 10.1 Å². The van der Waals surface area contributed by atoms with Gasteiger partial charge in [0, 0.05) is 12.1 Å². The van der Waals surface area contributed by atoms with Crippen LogP contribution in [0.1, 0.15) is 35.4 Å². The maximum Gasteiger partial charge on any atom is 0.345 e. The first kappa shape index (κ1) is 14.6. The van der Waals surface area contributed by atoms with E-state index in [4.69, 9.17) is 5.11 Å². The molecule has 2 aromatic rings. The number of aromatic nitrogens is 2. The molecule has 0 fully saturated rings. The molecule has 1 radical (unpaired) electrons. The van der Waals surface area contributed by atoms with Gasteiger partial charge in [-0.3, -0.25) is 4.79 Å². The summed E-state index contributed by atoms with van der Waals surface area (Å²) in [4.78, 5) is 29.3. The third-order valence-electron chi connectivity index (χ3n) is 3.95. The molecule has 0 unspecified atom stereocenters. The van der Waals surface area contributed by atoms with Gasteiger partial charge in [-0.1, -0.05) is 29.7 Å². The molecule has 3 rings (SSSR count). The molecule has 0 spiro atoms. The summed E-state index contributed by atoms with van der Waals surface area (Å²) in [7, 11) is 1.16. The third-order valence-corrected chi connectivity index (χ3v) is 3.95. The second kappa shape index (κ2) is 6.18. The van der Waals surface area contributed by atoms with Gasteiger partial charge in [0.15, 0.2) is 0 Å². The largest absolute Gasteiger partial charge is 0.489 e. The van der Waals surface area contributed by atoms with Gasteiger partial charge in [-0.15, -0.1) is 0 Å². The molecule has 5 nitrogen and oxygen atoms in total. The summed E-state index contributed by atoms with van der Waals surface area (Å²) in [6.07, 6.45) is 4.69. The lowest BCUT2D eigenvalue weighted by Gasteiger charge is -2.17. The summed E-state index contributed by atoms with van der Waals surface area (Å²) in [5.74, 6) is -0.960. The average Bonchev–Trinajstić information content (AvgIpc) is 2.48. The highest BCUT2D eigenvalue weighted by Crippen LogP contribution is 2.22. The fourth-order valence-corrected chi connectivity index (χ4v) is 2.92. The molecular weight excluding hydrogens is 279 g/mol. The summed E-state index contributed by atoms with van der Waals surface area (Å²) in [6.45, 7) is 0. The minimum atomic E-state index is -0.960. The van der Waals surface area contributed by atoms with Crippen LogP contribution in [-0.4, -0.2) is 28.2 Å². The zero-order valence-corrected chi connectivity index (χ0v) is 12.1. The molecular formula is C16H16BN2O3. The van der Waals surface area contributed by atoms with E-state index in [2.05, 4.69) is 9.97 Å². The zero-order valence-electron chi connectivity index (χ0n) is 12.1. The Balaban J connectivity index is 1.85. The Morgan fingerprint density at radius 3 is 2.68 bits per heavy atom. The van der Waals surface area contributed by atoms with Crippen LogP contribution >= 0.6 is 0 Å². The summed E-state index contributed by atoms with van der Waals surface area (Å²) in [5.41, 5.74) is 4.43. The van der Waals surface area contributed by atoms with Crippen molar-refractivity contribution in [1.82, 2.24) is 9.97 Å². The summed E-state index contributed by atoms with van der Waals surface area (Å²) in [6, 6.07) is 7.30. The molecule has 1 aliphatic rings. The summed E-state index contributed by atoms with van der Waals surface area (Å²) >= 11 is 0. The van der Waals surface area contributed by atoms with Gasteiger partial charge >= 0.3 is 5.69 Å². The lowest BCUT2D eigenvalue weighted by atomic mass is 9.70. The van der Waals surface area contributed by atoms with Crippen molar-refractivity contribution >= 4 is 18.6 Å². The van der Waals surface area contributed by atoms with E-state index in [0.717, 1.165) is 49.9 Å². The van der Waals surface area contributed by atoms with E-state index < -0.39 is 5.87 Å². The second-order valence-electron chi connectivity index (χ2n) is 5.55. The highest BCUT2D eigenvalue weighted by molar-refractivity contribution is 6.82. The molecule has 2 N–H and O–H groups in total. The van der Waals surface area contributed by atoms with E-state index in [9.17, 15) is 9.59 Å². The maximum atomic E-state index is 11.7. The number of hydrogen-bond donors (Lipinski definition) is 2. The maximum absolute atomic E-state index is 11.7. The first-order chi connectivity index (χ1) is 10.6. The van der Waals surface area contributed by atoms with Crippen molar-refractivity contribution in [3.63, 3.8) is 0 Å². The van der Waals surface area contributed by atoms with E-state index in [1.54, 1.807) is 12.1 Å².